The number of hydrogen-bond donors (Lipinski definition) is 1. The van der Waals surface area contributed by atoms with Crippen molar-refractivity contribution < 1.29 is 8.42 Å². The smallest absolute Gasteiger partial charge is 0.151 e. The van der Waals surface area contributed by atoms with Gasteiger partial charge in [0.15, 0.2) is 9.84 Å². The van der Waals surface area contributed by atoms with Gasteiger partial charge in [-0.2, -0.15) is 0 Å². The summed E-state index contributed by atoms with van der Waals surface area (Å²) in [6, 6.07) is 8.68. The molecule has 1 saturated heterocycles. The minimum Gasteiger partial charge on any atom is -0.306 e. The van der Waals surface area contributed by atoms with E-state index in [2.05, 4.69) is 43.4 Å². The van der Waals surface area contributed by atoms with Crippen LogP contribution >= 0.6 is 0 Å². The van der Waals surface area contributed by atoms with Gasteiger partial charge in [-0.25, -0.2) is 8.42 Å². The number of nitrogens with one attached hydrogen (secondary N) is 1. The van der Waals surface area contributed by atoms with E-state index >= 15 is 0 Å². The predicted octanol–water partition coefficient (Wildman–Crippen LogP) is 2.22. The zero-order chi connectivity index (χ0) is 13.2. The molecule has 3 nitrogen and oxygen atoms in total. The first kappa shape index (κ1) is 13.6. The summed E-state index contributed by atoms with van der Waals surface area (Å²) < 4.78 is 23.2. The van der Waals surface area contributed by atoms with Gasteiger partial charge >= 0.3 is 0 Å². The van der Waals surface area contributed by atoms with Crippen LogP contribution in [0.5, 0.6) is 0 Å². The van der Waals surface area contributed by atoms with E-state index in [4.69, 9.17) is 0 Å². The molecule has 1 aromatic rings. The molecule has 0 radical (unpaired) electrons. The van der Waals surface area contributed by atoms with Crippen molar-refractivity contribution in [3.63, 3.8) is 0 Å². The summed E-state index contributed by atoms with van der Waals surface area (Å²) in [5, 5.41) is 3.43. The van der Waals surface area contributed by atoms with Crippen LogP contribution in [-0.2, 0) is 9.84 Å². The van der Waals surface area contributed by atoms with Crippen molar-refractivity contribution >= 4 is 9.84 Å². The lowest BCUT2D eigenvalue weighted by atomic mass is 10.0. The highest BCUT2D eigenvalue weighted by molar-refractivity contribution is 7.91. The molecule has 100 valence electrons. The van der Waals surface area contributed by atoms with Gasteiger partial charge in [0, 0.05) is 12.1 Å². The van der Waals surface area contributed by atoms with Crippen LogP contribution < -0.4 is 5.32 Å². The summed E-state index contributed by atoms with van der Waals surface area (Å²) in [5.41, 5.74) is 2.45. The molecule has 1 fully saturated rings. The summed E-state index contributed by atoms with van der Waals surface area (Å²) in [4.78, 5) is 0. The largest absolute Gasteiger partial charge is 0.306 e. The minimum atomic E-state index is -2.83. The van der Waals surface area contributed by atoms with E-state index in [1.165, 1.54) is 11.1 Å². The van der Waals surface area contributed by atoms with E-state index in [-0.39, 0.29) is 17.8 Å². The van der Waals surface area contributed by atoms with E-state index in [0.29, 0.717) is 5.75 Å². The van der Waals surface area contributed by atoms with E-state index in [0.717, 1.165) is 12.8 Å². The van der Waals surface area contributed by atoms with Crippen LogP contribution in [0.25, 0.3) is 0 Å². The molecule has 1 heterocycles. The average Bonchev–Trinajstić information content (AvgIpc) is 2.28. The topological polar surface area (TPSA) is 46.2 Å². The van der Waals surface area contributed by atoms with Crippen molar-refractivity contribution in [1.29, 1.82) is 0 Å². The van der Waals surface area contributed by atoms with Gasteiger partial charge in [0.25, 0.3) is 0 Å². The Morgan fingerprint density at radius 1 is 1.28 bits per heavy atom. The molecule has 1 aromatic carbocycles. The Balaban J connectivity index is 1.99. The Morgan fingerprint density at radius 2 is 1.94 bits per heavy atom. The number of sulfone groups is 1. The molecule has 0 amide bonds. The SMILES string of the molecule is Cc1ccc(C(C)NC2CCCS(=O)(=O)C2)cc1. The Morgan fingerprint density at radius 3 is 2.56 bits per heavy atom. The lowest BCUT2D eigenvalue weighted by Crippen LogP contribution is -2.41. The summed E-state index contributed by atoms with van der Waals surface area (Å²) in [5.74, 6) is 0.632. The van der Waals surface area contributed by atoms with E-state index in [9.17, 15) is 8.42 Å². The zero-order valence-electron chi connectivity index (χ0n) is 11.0. The second-order valence-electron chi connectivity index (χ2n) is 5.25. The standard InChI is InChI=1S/C14H21NO2S/c1-11-5-7-13(8-6-11)12(2)15-14-4-3-9-18(16,17)10-14/h5-8,12,14-15H,3-4,9-10H2,1-2H3. The normalized spacial score (nSPS) is 24.7. The van der Waals surface area contributed by atoms with Gasteiger partial charge in [0.2, 0.25) is 0 Å². The first-order valence-electron chi connectivity index (χ1n) is 6.49. The predicted molar refractivity (Wildman–Crippen MR) is 74.4 cm³/mol. The second kappa shape index (κ2) is 5.41. The monoisotopic (exact) mass is 267 g/mol. The molecule has 2 unspecified atom stereocenters. The quantitative estimate of drug-likeness (QED) is 0.913. The molecule has 0 bridgehead atoms. The maximum atomic E-state index is 11.6. The Kier molecular flexibility index (Phi) is 4.07. The van der Waals surface area contributed by atoms with Crippen LogP contribution in [0.15, 0.2) is 24.3 Å². The number of benzene rings is 1. The molecule has 1 N–H and O–H groups in total. The highest BCUT2D eigenvalue weighted by Gasteiger charge is 2.25. The van der Waals surface area contributed by atoms with Crippen LogP contribution in [0.1, 0.15) is 36.9 Å². The van der Waals surface area contributed by atoms with Gasteiger partial charge in [0.05, 0.1) is 11.5 Å². The van der Waals surface area contributed by atoms with Crippen molar-refractivity contribution in [2.75, 3.05) is 11.5 Å². The third-order valence-electron chi connectivity index (χ3n) is 3.53. The fraction of sp³-hybridized carbons (Fsp3) is 0.571. The van der Waals surface area contributed by atoms with Crippen LogP contribution in [-0.4, -0.2) is 26.0 Å². The van der Waals surface area contributed by atoms with Crippen LogP contribution in [0.2, 0.25) is 0 Å². The first-order chi connectivity index (χ1) is 8.46. The number of rotatable bonds is 3. The fourth-order valence-electron chi connectivity index (χ4n) is 2.46. The molecule has 1 aliphatic rings. The van der Waals surface area contributed by atoms with Crippen molar-refractivity contribution in [3.05, 3.63) is 35.4 Å². The lowest BCUT2D eigenvalue weighted by Gasteiger charge is -2.26. The van der Waals surface area contributed by atoms with Gasteiger partial charge in [-0.05, 0) is 32.3 Å². The molecule has 2 rings (SSSR count). The highest BCUT2D eigenvalue weighted by atomic mass is 32.2. The zero-order valence-corrected chi connectivity index (χ0v) is 11.8. The molecule has 1 aliphatic heterocycles. The minimum absolute atomic E-state index is 0.0973. The van der Waals surface area contributed by atoms with Gasteiger partial charge in [-0.3, -0.25) is 0 Å². The van der Waals surface area contributed by atoms with Crippen molar-refractivity contribution in [2.24, 2.45) is 0 Å². The van der Waals surface area contributed by atoms with E-state index in [1.807, 2.05) is 0 Å². The van der Waals surface area contributed by atoms with Crippen LogP contribution in [0.4, 0.5) is 0 Å². The number of hydrogen-bond acceptors (Lipinski definition) is 3. The Hall–Kier alpha value is -0.870. The summed E-state index contributed by atoms with van der Waals surface area (Å²) in [6.45, 7) is 4.15. The second-order valence-corrected chi connectivity index (χ2v) is 7.48. The fourth-order valence-corrected chi connectivity index (χ4v) is 4.11. The van der Waals surface area contributed by atoms with Crippen molar-refractivity contribution in [1.82, 2.24) is 5.32 Å². The maximum absolute atomic E-state index is 11.6. The van der Waals surface area contributed by atoms with Gasteiger partial charge in [-0.15, -0.1) is 0 Å². The first-order valence-corrected chi connectivity index (χ1v) is 8.31. The van der Waals surface area contributed by atoms with E-state index < -0.39 is 9.84 Å². The van der Waals surface area contributed by atoms with Gasteiger partial charge in [-0.1, -0.05) is 29.8 Å². The third-order valence-corrected chi connectivity index (χ3v) is 5.35. The molecule has 0 saturated carbocycles. The molecule has 0 aromatic heterocycles. The molecular weight excluding hydrogens is 246 g/mol. The highest BCUT2D eigenvalue weighted by Crippen LogP contribution is 2.18. The Labute approximate surface area is 110 Å². The summed E-state index contributed by atoms with van der Waals surface area (Å²) in [7, 11) is -2.83. The van der Waals surface area contributed by atoms with Gasteiger partial charge in [0.1, 0.15) is 0 Å². The maximum Gasteiger partial charge on any atom is 0.151 e. The molecule has 2 atom stereocenters. The van der Waals surface area contributed by atoms with Crippen molar-refractivity contribution in [2.45, 2.75) is 38.8 Å². The molecule has 0 aliphatic carbocycles. The lowest BCUT2D eigenvalue weighted by molar-refractivity contribution is 0.437. The summed E-state index contributed by atoms with van der Waals surface area (Å²) in [6.07, 6.45) is 1.73. The van der Waals surface area contributed by atoms with Crippen LogP contribution in [0, 0.1) is 6.92 Å². The average molecular weight is 267 g/mol. The number of aryl methyl sites for hydroxylation is 1. The molecule has 0 spiro atoms. The summed E-state index contributed by atoms with van der Waals surface area (Å²) >= 11 is 0. The molecule has 4 heteroatoms. The Bertz CT molecular complexity index is 493. The van der Waals surface area contributed by atoms with Gasteiger partial charge < -0.3 is 5.32 Å². The third kappa shape index (κ3) is 3.56. The van der Waals surface area contributed by atoms with E-state index in [1.54, 1.807) is 0 Å². The van der Waals surface area contributed by atoms with Crippen molar-refractivity contribution in [3.8, 4) is 0 Å². The molecule has 18 heavy (non-hydrogen) atoms. The van der Waals surface area contributed by atoms with Crippen LogP contribution in [0.3, 0.4) is 0 Å². The molecular formula is C14H21NO2S.